The third kappa shape index (κ3) is 4.02. The molecule has 1 aliphatic carbocycles. The first-order valence-electron chi connectivity index (χ1n) is 10.3. The summed E-state index contributed by atoms with van der Waals surface area (Å²) in [6.45, 7) is 0.176. The van der Waals surface area contributed by atoms with Gasteiger partial charge in [-0.25, -0.2) is 9.98 Å². The van der Waals surface area contributed by atoms with Gasteiger partial charge in [0.2, 0.25) is 5.96 Å². The van der Waals surface area contributed by atoms with Gasteiger partial charge in [-0.15, -0.1) is 11.3 Å². The zero-order valence-electron chi connectivity index (χ0n) is 17.0. The lowest BCUT2D eigenvalue weighted by molar-refractivity contribution is 0.000577. The van der Waals surface area contributed by atoms with Crippen LogP contribution < -0.4 is 16.0 Å². The number of anilines is 1. The summed E-state index contributed by atoms with van der Waals surface area (Å²) in [5.41, 5.74) is 2.48. The van der Waals surface area contributed by atoms with Crippen molar-refractivity contribution in [3.05, 3.63) is 53.8 Å². The highest BCUT2D eigenvalue weighted by Crippen LogP contribution is 2.31. The molecule has 0 unspecified atom stereocenters. The topological polar surface area (TPSA) is 148 Å². The second-order valence-corrected chi connectivity index (χ2v) is 8.81. The Labute approximate surface area is 187 Å². The molecule has 3 aromatic rings. The number of aliphatic hydroxyl groups is 3. The minimum Gasteiger partial charge on any atom is -0.396 e. The Morgan fingerprint density at radius 2 is 2.00 bits per heavy atom. The quantitative estimate of drug-likeness (QED) is 0.325. The number of aliphatic imine (C=N–C) groups is 1. The smallest absolute Gasteiger partial charge is 0.201 e. The van der Waals surface area contributed by atoms with Crippen molar-refractivity contribution in [1.29, 1.82) is 0 Å². The van der Waals surface area contributed by atoms with Gasteiger partial charge in [0.1, 0.15) is 16.9 Å². The van der Waals surface area contributed by atoms with Crippen molar-refractivity contribution < 1.29 is 15.3 Å². The molecule has 0 radical (unpaired) electrons. The Morgan fingerprint density at radius 1 is 1.12 bits per heavy atom. The largest absolute Gasteiger partial charge is 0.396 e. The van der Waals surface area contributed by atoms with Crippen LogP contribution in [-0.2, 0) is 0 Å². The molecule has 1 aliphatic heterocycles. The van der Waals surface area contributed by atoms with Gasteiger partial charge in [-0.3, -0.25) is 9.97 Å². The summed E-state index contributed by atoms with van der Waals surface area (Å²) in [5.74, 6) is 0.789. The second kappa shape index (κ2) is 8.79. The van der Waals surface area contributed by atoms with Crippen LogP contribution in [0.2, 0.25) is 0 Å². The summed E-state index contributed by atoms with van der Waals surface area (Å²) in [6, 6.07) is 5.13. The standard InChI is InChI=1S/C21H23N7O3S/c29-10-11-6-15(18(31)17(11)30)26-19-13(20-27-14-3-5-23-9-16(14)32-20)8-24-21(28-19)25-12-2-1-4-22-7-12/h1-5,7,9,11,15,17-18,26,29-31H,6,8,10H2,(H2,24,25,28)/t11-,15-,17-,18+/m1/s1. The summed E-state index contributed by atoms with van der Waals surface area (Å²) in [6.07, 6.45) is 5.32. The molecule has 3 aromatic heterocycles. The number of fused-ring (bicyclic) bond motifs is 1. The number of hydrogen-bond donors (Lipinski definition) is 6. The maximum absolute atomic E-state index is 10.5. The van der Waals surface area contributed by atoms with Crippen molar-refractivity contribution in [1.82, 2.24) is 25.6 Å². The van der Waals surface area contributed by atoms with Gasteiger partial charge >= 0.3 is 0 Å². The molecule has 166 valence electrons. The van der Waals surface area contributed by atoms with Gasteiger partial charge in [0.15, 0.2) is 0 Å². The molecule has 0 spiro atoms. The molecular formula is C21H23N7O3S. The maximum atomic E-state index is 10.5. The first-order valence-corrected chi connectivity index (χ1v) is 11.1. The number of aliphatic hydroxyl groups excluding tert-OH is 3. The van der Waals surface area contributed by atoms with Crippen LogP contribution in [0.3, 0.4) is 0 Å². The molecule has 0 amide bonds. The minimum absolute atomic E-state index is 0.185. The second-order valence-electron chi connectivity index (χ2n) is 7.78. The number of nitrogens with one attached hydrogen (secondary N) is 3. The van der Waals surface area contributed by atoms with E-state index in [9.17, 15) is 15.3 Å². The highest BCUT2D eigenvalue weighted by Gasteiger charge is 2.41. The van der Waals surface area contributed by atoms with Crippen molar-refractivity contribution in [2.45, 2.75) is 24.7 Å². The summed E-state index contributed by atoms with van der Waals surface area (Å²) >= 11 is 1.51. The summed E-state index contributed by atoms with van der Waals surface area (Å²) in [5, 5.41) is 40.9. The Kier molecular flexibility index (Phi) is 5.70. The molecule has 11 heteroatoms. The third-order valence-electron chi connectivity index (χ3n) is 5.68. The van der Waals surface area contributed by atoms with Gasteiger partial charge in [-0.2, -0.15) is 0 Å². The van der Waals surface area contributed by atoms with Crippen LogP contribution in [0.1, 0.15) is 11.4 Å². The van der Waals surface area contributed by atoms with E-state index >= 15 is 0 Å². The Morgan fingerprint density at radius 3 is 2.75 bits per heavy atom. The number of rotatable bonds is 5. The van der Waals surface area contributed by atoms with E-state index in [4.69, 9.17) is 4.98 Å². The van der Waals surface area contributed by atoms with Crippen LogP contribution in [-0.4, -0.2) is 67.6 Å². The number of nitrogens with zero attached hydrogens (tertiary/aromatic N) is 4. The molecule has 4 heterocycles. The van der Waals surface area contributed by atoms with E-state index in [0.717, 1.165) is 26.5 Å². The molecule has 32 heavy (non-hydrogen) atoms. The third-order valence-corrected chi connectivity index (χ3v) is 6.75. The minimum atomic E-state index is -1.00. The predicted octanol–water partition coefficient (Wildman–Crippen LogP) is 0.518. The number of thiazole rings is 1. The summed E-state index contributed by atoms with van der Waals surface area (Å²) < 4.78 is 0.967. The Bertz CT molecular complexity index is 1130. The first kappa shape index (κ1) is 20.8. The van der Waals surface area contributed by atoms with Crippen molar-refractivity contribution in [2.24, 2.45) is 10.9 Å². The van der Waals surface area contributed by atoms with Crippen LogP contribution in [0.5, 0.6) is 0 Å². The van der Waals surface area contributed by atoms with Crippen LogP contribution in [0.15, 0.2) is 53.8 Å². The fraction of sp³-hybridized carbons (Fsp3) is 0.333. The monoisotopic (exact) mass is 453 g/mol. The van der Waals surface area contributed by atoms with E-state index in [-0.39, 0.29) is 12.5 Å². The zero-order valence-corrected chi connectivity index (χ0v) is 17.8. The summed E-state index contributed by atoms with van der Waals surface area (Å²) in [4.78, 5) is 17.6. The molecule has 1 saturated carbocycles. The average molecular weight is 454 g/mol. The Balaban J connectivity index is 1.45. The van der Waals surface area contributed by atoms with Gasteiger partial charge in [0.25, 0.3) is 0 Å². The molecule has 4 atom stereocenters. The molecular weight excluding hydrogens is 430 g/mol. The molecule has 2 aliphatic rings. The molecule has 1 fully saturated rings. The maximum Gasteiger partial charge on any atom is 0.201 e. The van der Waals surface area contributed by atoms with Gasteiger partial charge in [0, 0.05) is 36.7 Å². The molecule has 5 rings (SSSR count). The van der Waals surface area contributed by atoms with E-state index in [1.165, 1.54) is 11.3 Å². The lowest BCUT2D eigenvalue weighted by Crippen LogP contribution is -2.47. The molecule has 0 aromatic carbocycles. The number of aromatic nitrogens is 3. The average Bonchev–Trinajstić information content (AvgIpc) is 3.36. The van der Waals surface area contributed by atoms with Crippen molar-refractivity contribution in [2.75, 3.05) is 18.5 Å². The van der Waals surface area contributed by atoms with Gasteiger partial charge in [-0.1, -0.05) is 0 Å². The van der Waals surface area contributed by atoms with Crippen LogP contribution in [0.4, 0.5) is 5.69 Å². The number of guanidine groups is 1. The lowest BCUT2D eigenvalue weighted by Gasteiger charge is -2.27. The van der Waals surface area contributed by atoms with Gasteiger partial charge < -0.3 is 31.3 Å². The van der Waals surface area contributed by atoms with Crippen LogP contribution in [0, 0.1) is 5.92 Å². The fourth-order valence-corrected chi connectivity index (χ4v) is 4.93. The van der Waals surface area contributed by atoms with Crippen molar-refractivity contribution >= 4 is 38.8 Å². The first-order chi connectivity index (χ1) is 15.6. The Hall–Kier alpha value is -3.12. The highest BCUT2D eigenvalue weighted by atomic mass is 32.1. The van der Waals surface area contributed by atoms with E-state index in [1.807, 2.05) is 18.2 Å². The van der Waals surface area contributed by atoms with Crippen molar-refractivity contribution in [3.63, 3.8) is 0 Å². The lowest BCUT2D eigenvalue weighted by atomic mass is 10.1. The fourth-order valence-electron chi connectivity index (χ4n) is 3.96. The highest BCUT2D eigenvalue weighted by molar-refractivity contribution is 7.19. The molecule has 10 nitrogen and oxygen atoms in total. The van der Waals surface area contributed by atoms with Gasteiger partial charge in [0.05, 0.1) is 40.8 Å². The van der Waals surface area contributed by atoms with E-state index in [1.54, 1.807) is 24.8 Å². The van der Waals surface area contributed by atoms with Crippen molar-refractivity contribution in [3.8, 4) is 0 Å². The number of hydrogen-bond acceptors (Lipinski definition) is 11. The van der Waals surface area contributed by atoms with E-state index in [2.05, 4.69) is 30.9 Å². The van der Waals surface area contributed by atoms with Crippen LogP contribution >= 0.6 is 11.3 Å². The van der Waals surface area contributed by atoms with Gasteiger partial charge in [-0.05, 0) is 24.6 Å². The SMILES string of the molecule is OC[C@H]1C[C@@H](NC2=C(c3nc4ccncc4s3)CN=C(Nc3cccnc3)N2)[C@H](O)[C@@H]1O. The van der Waals surface area contributed by atoms with E-state index < -0.39 is 18.2 Å². The predicted molar refractivity (Wildman–Crippen MR) is 122 cm³/mol. The molecule has 0 bridgehead atoms. The molecule has 0 saturated heterocycles. The normalized spacial score (nSPS) is 25.5. The summed E-state index contributed by atoms with van der Waals surface area (Å²) in [7, 11) is 0. The zero-order chi connectivity index (χ0) is 22.1. The number of pyridine rings is 2. The van der Waals surface area contributed by atoms with E-state index in [0.29, 0.717) is 24.7 Å². The molecule has 6 N–H and O–H groups in total. The van der Waals surface area contributed by atoms with Crippen LogP contribution in [0.25, 0.3) is 15.8 Å².